The number of carbonyl (C=O) groups is 1. The number of aliphatic hydroxyl groups excluding tert-OH is 1. The Morgan fingerprint density at radius 2 is 2.00 bits per heavy atom. The number of nitrogens with zero attached hydrogens (tertiary/aromatic N) is 2. The fourth-order valence-corrected chi connectivity index (χ4v) is 2.43. The molecule has 5 nitrogen and oxygen atoms in total. The van der Waals surface area contributed by atoms with Crippen LogP contribution in [0.5, 0.6) is 0 Å². The first kappa shape index (κ1) is 15.6. The van der Waals surface area contributed by atoms with Gasteiger partial charge in [0.05, 0.1) is 13.2 Å². The van der Waals surface area contributed by atoms with Crippen LogP contribution in [0.25, 0.3) is 0 Å². The Morgan fingerprint density at radius 1 is 1.29 bits per heavy atom. The molecule has 0 saturated carbocycles. The molecule has 1 heterocycles. The number of rotatable bonds is 2. The van der Waals surface area contributed by atoms with Crippen molar-refractivity contribution < 1.29 is 14.6 Å². The minimum Gasteiger partial charge on any atom is -0.444 e. The zero-order valence-electron chi connectivity index (χ0n) is 13.0. The van der Waals surface area contributed by atoms with E-state index in [4.69, 9.17) is 4.74 Å². The number of para-hydroxylation sites is 1. The highest BCUT2D eigenvalue weighted by molar-refractivity contribution is 5.69. The molecule has 0 radical (unpaired) electrons. The first-order valence-electron chi connectivity index (χ1n) is 7.32. The van der Waals surface area contributed by atoms with Crippen molar-refractivity contribution in [1.82, 2.24) is 4.90 Å². The summed E-state index contributed by atoms with van der Waals surface area (Å²) >= 11 is 0. The quantitative estimate of drug-likeness (QED) is 0.908. The third kappa shape index (κ3) is 4.11. The molecule has 1 aromatic carbocycles. The summed E-state index contributed by atoms with van der Waals surface area (Å²) in [6.45, 7) is 8.09. The van der Waals surface area contributed by atoms with E-state index in [0.29, 0.717) is 26.2 Å². The van der Waals surface area contributed by atoms with Gasteiger partial charge >= 0.3 is 6.09 Å². The fourth-order valence-electron chi connectivity index (χ4n) is 2.43. The third-order valence-corrected chi connectivity index (χ3v) is 3.35. The summed E-state index contributed by atoms with van der Waals surface area (Å²) in [7, 11) is 0. The molecule has 0 fully saturated rings. The molecule has 1 aromatic rings. The van der Waals surface area contributed by atoms with E-state index in [2.05, 4.69) is 4.90 Å². The number of hydrogen-bond acceptors (Lipinski definition) is 4. The highest BCUT2D eigenvalue weighted by atomic mass is 16.6. The molecule has 0 spiro atoms. The highest BCUT2D eigenvalue weighted by Gasteiger charge is 2.26. The van der Waals surface area contributed by atoms with Gasteiger partial charge in [-0.25, -0.2) is 4.79 Å². The Bertz CT molecular complexity index is 497. The van der Waals surface area contributed by atoms with Crippen LogP contribution in [0.2, 0.25) is 0 Å². The maximum atomic E-state index is 12.3. The Balaban J connectivity index is 2.18. The van der Waals surface area contributed by atoms with Gasteiger partial charge in [-0.1, -0.05) is 18.2 Å². The Kier molecular flexibility index (Phi) is 4.73. The number of fused-ring (bicyclic) bond motifs is 1. The second-order valence-electron chi connectivity index (χ2n) is 6.24. The topological polar surface area (TPSA) is 53.0 Å². The van der Waals surface area contributed by atoms with E-state index in [1.165, 1.54) is 0 Å². The number of ether oxygens (including phenoxy) is 1. The summed E-state index contributed by atoms with van der Waals surface area (Å²) in [6, 6.07) is 7.99. The molecule has 0 unspecified atom stereocenters. The van der Waals surface area contributed by atoms with Crippen LogP contribution in [0.15, 0.2) is 24.3 Å². The lowest BCUT2D eigenvalue weighted by Gasteiger charge is -2.26. The van der Waals surface area contributed by atoms with Gasteiger partial charge in [0.15, 0.2) is 0 Å². The van der Waals surface area contributed by atoms with Crippen LogP contribution in [-0.4, -0.2) is 47.9 Å². The van der Waals surface area contributed by atoms with Crippen molar-refractivity contribution >= 4 is 11.8 Å². The van der Waals surface area contributed by atoms with Gasteiger partial charge in [-0.05, 0) is 32.4 Å². The van der Waals surface area contributed by atoms with Crippen molar-refractivity contribution in [2.45, 2.75) is 32.9 Å². The molecule has 1 amide bonds. The van der Waals surface area contributed by atoms with E-state index in [0.717, 1.165) is 11.3 Å². The standard InChI is InChI=1S/C16H24N2O3/c1-16(2,3)21-15(20)18-9-8-17(10-11-19)14-7-5-4-6-13(14)12-18/h4-7,19H,8-12H2,1-3H3. The van der Waals surface area contributed by atoms with E-state index in [1.54, 1.807) is 4.90 Å². The van der Waals surface area contributed by atoms with Crippen molar-refractivity contribution in [3.05, 3.63) is 29.8 Å². The molecular formula is C16H24N2O3. The number of amides is 1. The van der Waals surface area contributed by atoms with Gasteiger partial charge in [-0.2, -0.15) is 0 Å². The third-order valence-electron chi connectivity index (χ3n) is 3.35. The number of hydrogen-bond donors (Lipinski definition) is 1. The highest BCUT2D eigenvalue weighted by Crippen LogP contribution is 2.25. The number of β-amino-alcohol motifs (C(OH)–C–C–N with tert-alkyl or cyclic N) is 1. The molecule has 0 atom stereocenters. The van der Waals surface area contributed by atoms with E-state index in [-0.39, 0.29) is 12.7 Å². The lowest BCUT2D eigenvalue weighted by Crippen LogP contribution is -2.39. The molecular weight excluding hydrogens is 268 g/mol. The summed E-state index contributed by atoms with van der Waals surface area (Å²) in [5.41, 5.74) is 1.67. The Labute approximate surface area is 126 Å². The molecule has 1 N–H and O–H groups in total. The van der Waals surface area contributed by atoms with Gasteiger partial charge in [0.1, 0.15) is 5.60 Å². The number of anilines is 1. The largest absolute Gasteiger partial charge is 0.444 e. The Morgan fingerprint density at radius 3 is 2.67 bits per heavy atom. The maximum Gasteiger partial charge on any atom is 0.410 e. The van der Waals surface area contributed by atoms with Crippen molar-refractivity contribution in [1.29, 1.82) is 0 Å². The van der Waals surface area contributed by atoms with Gasteiger partial charge in [-0.15, -0.1) is 0 Å². The van der Waals surface area contributed by atoms with Crippen molar-refractivity contribution in [2.75, 3.05) is 31.1 Å². The van der Waals surface area contributed by atoms with Crippen LogP contribution in [0.1, 0.15) is 26.3 Å². The van der Waals surface area contributed by atoms with Crippen molar-refractivity contribution in [3.8, 4) is 0 Å². The lowest BCUT2D eigenvalue weighted by molar-refractivity contribution is 0.0243. The minimum atomic E-state index is -0.492. The normalized spacial score (nSPS) is 15.4. The average Bonchev–Trinajstić information content (AvgIpc) is 2.58. The summed E-state index contributed by atoms with van der Waals surface area (Å²) in [5.74, 6) is 0. The smallest absolute Gasteiger partial charge is 0.410 e. The second-order valence-corrected chi connectivity index (χ2v) is 6.24. The minimum absolute atomic E-state index is 0.0980. The molecule has 0 bridgehead atoms. The predicted molar refractivity (Wildman–Crippen MR) is 82.4 cm³/mol. The van der Waals surface area contributed by atoms with Crippen molar-refractivity contribution in [2.24, 2.45) is 0 Å². The van der Waals surface area contributed by atoms with E-state index >= 15 is 0 Å². The lowest BCUT2D eigenvalue weighted by atomic mass is 10.1. The molecule has 0 aliphatic carbocycles. The van der Waals surface area contributed by atoms with Crippen LogP contribution in [-0.2, 0) is 11.3 Å². The SMILES string of the molecule is CC(C)(C)OC(=O)N1CCN(CCO)c2ccccc2C1. The van der Waals surface area contributed by atoms with E-state index < -0.39 is 5.60 Å². The molecule has 116 valence electrons. The zero-order chi connectivity index (χ0) is 15.5. The number of carbonyl (C=O) groups excluding carboxylic acids is 1. The summed E-state index contributed by atoms with van der Waals surface area (Å²) < 4.78 is 5.46. The first-order chi connectivity index (χ1) is 9.90. The molecule has 5 heteroatoms. The Hall–Kier alpha value is -1.75. The van der Waals surface area contributed by atoms with Gasteiger partial charge in [0, 0.05) is 25.3 Å². The van der Waals surface area contributed by atoms with Crippen LogP contribution in [0.4, 0.5) is 10.5 Å². The number of aliphatic hydroxyl groups is 1. The van der Waals surface area contributed by atoms with Crippen LogP contribution < -0.4 is 4.90 Å². The van der Waals surface area contributed by atoms with Crippen LogP contribution >= 0.6 is 0 Å². The van der Waals surface area contributed by atoms with E-state index in [1.807, 2.05) is 45.0 Å². The molecule has 1 aliphatic rings. The monoisotopic (exact) mass is 292 g/mol. The average molecular weight is 292 g/mol. The zero-order valence-corrected chi connectivity index (χ0v) is 13.0. The molecule has 21 heavy (non-hydrogen) atoms. The predicted octanol–water partition coefficient (Wildman–Crippen LogP) is 2.24. The number of benzene rings is 1. The molecule has 0 saturated heterocycles. The van der Waals surface area contributed by atoms with Crippen molar-refractivity contribution in [3.63, 3.8) is 0 Å². The summed E-state index contributed by atoms with van der Waals surface area (Å²) in [6.07, 6.45) is -0.289. The second kappa shape index (κ2) is 6.35. The summed E-state index contributed by atoms with van der Waals surface area (Å²) in [5, 5.41) is 9.22. The molecule has 1 aliphatic heterocycles. The first-order valence-corrected chi connectivity index (χ1v) is 7.32. The van der Waals surface area contributed by atoms with Gasteiger partial charge in [0.25, 0.3) is 0 Å². The molecule has 0 aromatic heterocycles. The fraction of sp³-hybridized carbons (Fsp3) is 0.562. The van der Waals surface area contributed by atoms with Gasteiger partial charge in [0.2, 0.25) is 0 Å². The maximum absolute atomic E-state index is 12.3. The van der Waals surface area contributed by atoms with Gasteiger partial charge < -0.3 is 19.6 Å². The van der Waals surface area contributed by atoms with E-state index in [9.17, 15) is 9.90 Å². The molecule has 2 rings (SSSR count). The van der Waals surface area contributed by atoms with Crippen LogP contribution in [0, 0.1) is 0 Å². The van der Waals surface area contributed by atoms with Crippen LogP contribution in [0.3, 0.4) is 0 Å². The summed E-state index contributed by atoms with van der Waals surface area (Å²) in [4.78, 5) is 16.1. The van der Waals surface area contributed by atoms with Gasteiger partial charge in [-0.3, -0.25) is 0 Å².